The standard InChI is InChI=1S/C19H20N4O3S2/c1-12(17(24)21-15-9-4-5-10-16(15)26-3)27-19-23-22-18(28-19)20-13-7-6-8-14(11-13)25-2/h4-12H,1-3H3,(H,20,22)(H,21,24)/t12-/m0/s1. The number of carbonyl (C=O) groups excluding carboxylic acids is 1. The molecule has 1 amide bonds. The fourth-order valence-electron chi connectivity index (χ4n) is 2.32. The summed E-state index contributed by atoms with van der Waals surface area (Å²) in [6, 6.07) is 14.8. The topological polar surface area (TPSA) is 85.4 Å². The number of para-hydroxylation sites is 2. The Bertz CT molecular complexity index is 948. The molecule has 0 saturated carbocycles. The Morgan fingerprint density at radius 2 is 1.93 bits per heavy atom. The van der Waals surface area contributed by atoms with Gasteiger partial charge < -0.3 is 20.1 Å². The molecule has 0 saturated heterocycles. The molecule has 0 aliphatic carbocycles. The van der Waals surface area contributed by atoms with Crippen molar-refractivity contribution in [3.8, 4) is 11.5 Å². The molecular formula is C19H20N4O3S2. The van der Waals surface area contributed by atoms with Crippen molar-refractivity contribution in [2.75, 3.05) is 24.9 Å². The maximum Gasteiger partial charge on any atom is 0.237 e. The third-order valence-electron chi connectivity index (χ3n) is 3.74. The Morgan fingerprint density at radius 1 is 1.11 bits per heavy atom. The van der Waals surface area contributed by atoms with Gasteiger partial charge in [0.25, 0.3) is 0 Å². The zero-order valence-corrected chi connectivity index (χ0v) is 17.3. The number of carbonyl (C=O) groups is 1. The molecule has 2 aromatic carbocycles. The minimum atomic E-state index is -0.345. The maximum absolute atomic E-state index is 12.5. The highest BCUT2D eigenvalue weighted by molar-refractivity contribution is 8.02. The molecule has 0 bridgehead atoms. The first-order chi connectivity index (χ1) is 13.6. The van der Waals surface area contributed by atoms with E-state index in [4.69, 9.17) is 9.47 Å². The third-order valence-corrected chi connectivity index (χ3v) is 5.76. The van der Waals surface area contributed by atoms with Gasteiger partial charge in [-0.05, 0) is 31.2 Å². The van der Waals surface area contributed by atoms with Gasteiger partial charge in [0.05, 0.1) is 25.2 Å². The Kier molecular flexibility index (Phi) is 6.72. The lowest BCUT2D eigenvalue weighted by Gasteiger charge is -2.12. The molecule has 9 heteroatoms. The van der Waals surface area contributed by atoms with Gasteiger partial charge in [-0.25, -0.2) is 0 Å². The summed E-state index contributed by atoms with van der Waals surface area (Å²) in [5.41, 5.74) is 1.49. The van der Waals surface area contributed by atoms with Crippen molar-refractivity contribution in [2.45, 2.75) is 16.5 Å². The molecule has 0 aliphatic rings. The molecule has 1 heterocycles. The Hall–Kier alpha value is -2.78. The molecule has 28 heavy (non-hydrogen) atoms. The van der Waals surface area contributed by atoms with Gasteiger partial charge in [-0.15, -0.1) is 10.2 Å². The van der Waals surface area contributed by atoms with Crippen molar-refractivity contribution < 1.29 is 14.3 Å². The SMILES string of the molecule is COc1cccc(Nc2nnc(S[C@@H](C)C(=O)Nc3ccccc3OC)s2)c1. The van der Waals surface area contributed by atoms with Gasteiger partial charge >= 0.3 is 0 Å². The number of aromatic nitrogens is 2. The van der Waals surface area contributed by atoms with Crippen LogP contribution in [-0.4, -0.2) is 35.6 Å². The maximum atomic E-state index is 12.5. The predicted octanol–water partition coefficient (Wildman–Crippen LogP) is 4.42. The van der Waals surface area contributed by atoms with E-state index >= 15 is 0 Å². The van der Waals surface area contributed by atoms with Crippen LogP contribution in [0.4, 0.5) is 16.5 Å². The molecule has 3 aromatic rings. The number of benzene rings is 2. The number of rotatable bonds is 8. The van der Waals surface area contributed by atoms with E-state index in [-0.39, 0.29) is 11.2 Å². The van der Waals surface area contributed by atoms with Crippen LogP contribution in [0.1, 0.15) is 6.92 Å². The second-order valence-electron chi connectivity index (χ2n) is 5.68. The lowest BCUT2D eigenvalue weighted by Crippen LogP contribution is -2.22. The van der Waals surface area contributed by atoms with Gasteiger partial charge in [0.15, 0.2) is 4.34 Å². The lowest BCUT2D eigenvalue weighted by molar-refractivity contribution is -0.115. The molecule has 0 spiro atoms. The number of hydrogen-bond donors (Lipinski definition) is 2. The van der Waals surface area contributed by atoms with Gasteiger partial charge in [-0.3, -0.25) is 4.79 Å². The summed E-state index contributed by atoms with van der Waals surface area (Å²) in [5, 5.41) is 14.7. The summed E-state index contributed by atoms with van der Waals surface area (Å²) in [7, 11) is 3.19. The van der Waals surface area contributed by atoms with Crippen LogP contribution in [0.5, 0.6) is 11.5 Å². The highest BCUT2D eigenvalue weighted by Crippen LogP contribution is 2.32. The van der Waals surface area contributed by atoms with Gasteiger partial charge in [-0.1, -0.05) is 41.3 Å². The van der Waals surface area contributed by atoms with Crippen LogP contribution in [0.25, 0.3) is 0 Å². The van der Waals surface area contributed by atoms with Crippen LogP contribution >= 0.6 is 23.1 Å². The van der Waals surface area contributed by atoms with Gasteiger partial charge in [0.2, 0.25) is 11.0 Å². The van der Waals surface area contributed by atoms with E-state index < -0.39 is 0 Å². The molecule has 0 aliphatic heterocycles. The second-order valence-corrected chi connectivity index (χ2v) is 8.25. The first kappa shape index (κ1) is 20.0. The number of nitrogens with one attached hydrogen (secondary N) is 2. The highest BCUT2D eigenvalue weighted by atomic mass is 32.2. The van der Waals surface area contributed by atoms with Gasteiger partial charge in [-0.2, -0.15) is 0 Å². The quantitative estimate of drug-likeness (QED) is 0.526. The van der Waals surface area contributed by atoms with Crippen molar-refractivity contribution in [3.63, 3.8) is 0 Å². The normalized spacial score (nSPS) is 11.5. The number of nitrogens with zero attached hydrogens (tertiary/aromatic N) is 2. The van der Waals surface area contributed by atoms with Crippen LogP contribution < -0.4 is 20.1 Å². The molecule has 0 radical (unpaired) electrons. The smallest absolute Gasteiger partial charge is 0.237 e. The van der Waals surface area contributed by atoms with Gasteiger partial charge in [0.1, 0.15) is 11.5 Å². The number of hydrogen-bond acceptors (Lipinski definition) is 8. The van der Waals surface area contributed by atoms with Crippen molar-refractivity contribution in [3.05, 3.63) is 48.5 Å². The molecule has 0 unspecified atom stereocenters. The van der Waals surface area contributed by atoms with Crippen molar-refractivity contribution in [1.82, 2.24) is 10.2 Å². The highest BCUT2D eigenvalue weighted by Gasteiger charge is 2.18. The van der Waals surface area contributed by atoms with E-state index in [0.717, 1.165) is 11.4 Å². The van der Waals surface area contributed by atoms with Crippen molar-refractivity contribution in [1.29, 1.82) is 0 Å². The molecule has 1 atom stereocenters. The van der Waals surface area contributed by atoms with E-state index in [9.17, 15) is 4.79 Å². The van der Waals surface area contributed by atoms with Crippen LogP contribution in [0, 0.1) is 0 Å². The molecular weight excluding hydrogens is 396 g/mol. The van der Waals surface area contributed by atoms with Gasteiger partial charge in [0, 0.05) is 11.8 Å². The van der Waals surface area contributed by atoms with Crippen molar-refractivity contribution >= 4 is 45.5 Å². The zero-order valence-electron chi connectivity index (χ0n) is 15.6. The van der Waals surface area contributed by atoms with Crippen LogP contribution in [0.2, 0.25) is 0 Å². The Morgan fingerprint density at radius 3 is 2.71 bits per heavy atom. The van der Waals surface area contributed by atoms with E-state index in [0.29, 0.717) is 20.9 Å². The number of anilines is 3. The largest absolute Gasteiger partial charge is 0.497 e. The first-order valence-corrected chi connectivity index (χ1v) is 10.1. The second kappa shape index (κ2) is 9.43. The zero-order chi connectivity index (χ0) is 19.9. The lowest BCUT2D eigenvalue weighted by atomic mass is 10.3. The Balaban J connectivity index is 1.60. The van der Waals surface area contributed by atoms with Crippen LogP contribution in [0.3, 0.4) is 0 Å². The van der Waals surface area contributed by atoms with Crippen LogP contribution in [-0.2, 0) is 4.79 Å². The van der Waals surface area contributed by atoms with Crippen molar-refractivity contribution in [2.24, 2.45) is 0 Å². The summed E-state index contributed by atoms with van der Waals surface area (Å²) in [5.74, 6) is 1.24. The summed E-state index contributed by atoms with van der Waals surface area (Å²) < 4.78 is 11.2. The van der Waals surface area contributed by atoms with E-state index in [2.05, 4.69) is 20.8 Å². The Labute approximate surface area is 171 Å². The third kappa shape index (κ3) is 5.14. The summed E-state index contributed by atoms with van der Waals surface area (Å²) in [6.45, 7) is 1.83. The molecule has 2 N–H and O–H groups in total. The summed E-state index contributed by atoms with van der Waals surface area (Å²) >= 11 is 2.74. The molecule has 1 aromatic heterocycles. The average molecular weight is 417 g/mol. The number of ether oxygens (including phenoxy) is 2. The van der Waals surface area contributed by atoms with E-state index in [1.54, 1.807) is 26.4 Å². The van der Waals surface area contributed by atoms with E-state index in [1.165, 1.54) is 23.1 Å². The minimum absolute atomic E-state index is 0.132. The number of thioether (sulfide) groups is 1. The fraction of sp³-hybridized carbons (Fsp3) is 0.211. The van der Waals surface area contributed by atoms with E-state index in [1.807, 2.05) is 43.3 Å². The fourth-order valence-corrected chi connectivity index (χ4v) is 4.24. The minimum Gasteiger partial charge on any atom is -0.497 e. The number of methoxy groups -OCH3 is 2. The monoisotopic (exact) mass is 416 g/mol. The van der Waals surface area contributed by atoms with Crippen LogP contribution in [0.15, 0.2) is 52.9 Å². The summed E-state index contributed by atoms with van der Waals surface area (Å²) in [6.07, 6.45) is 0. The first-order valence-electron chi connectivity index (χ1n) is 8.44. The predicted molar refractivity (Wildman–Crippen MR) is 113 cm³/mol. The number of amides is 1. The average Bonchev–Trinajstić information content (AvgIpc) is 3.15. The molecule has 7 nitrogen and oxygen atoms in total. The summed E-state index contributed by atoms with van der Waals surface area (Å²) in [4.78, 5) is 12.5. The molecule has 146 valence electrons. The molecule has 3 rings (SSSR count). The molecule has 0 fully saturated rings.